The van der Waals surface area contributed by atoms with Crippen molar-refractivity contribution in [3.05, 3.63) is 94.3 Å². The number of hydrogen-bond acceptors (Lipinski definition) is 7. The van der Waals surface area contributed by atoms with Gasteiger partial charge in [-0.15, -0.1) is 11.3 Å². The molecule has 0 spiro atoms. The molecule has 12 nitrogen and oxygen atoms in total. The van der Waals surface area contributed by atoms with Crippen LogP contribution in [0.3, 0.4) is 0 Å². The number of aliphatic hydroxyl groups excluding tert-OH is 1. The number of benzene rings is 2. The molecule has 4 aromatic rings. The van der Waals surface area contributed by atoms with E-state index in [2.05, 4.69) is 20.9 Å². The van der Waals surface area contributed by atoms with Crippen molar-refractivity contribution >= 4 is 51.8 Å². The van der Waals surface area contributed by atoms with Crippen molar-refractivity contribution in [2.75, 3.05) is 19.6 Å². The fourth-order valence-electron chi connectivity index (χ4n) is 6.73. The van der Waals surface area contributed by atoms with Crippen molar-refractivity contribution in [2.45, 2.75) is 69.3 Å². The topological polar surface area (TPSA) is 164 Å². The molecule has 6 rings (SSSR count). The number of aliphatic hydroxyl groups is 1. The van der Waals surface area contributed by atoms with Gasteiger partial charge in [-0.2, -0.15) is 0 Å². The molecule has 5 amide bonds. The minimum absolute atomic E-state index is 0.0102. The second-order valence-corrected chi connectivity index (χ2v) is 14.0. The van der Waals surface area contributed by atoms with Crippen LogP contribution in [0.4, 0.5) is 0 Å². The van der Waals surface area contributed by atoms with E-state index in [9.17, 15) is 29.1 Å². The van der Waals surface area contributed by atoms with Crippen molar-refractivity contribution in [3.8, 4) is 0 Å². The molecule has 50 heavy (non-hydrogen) atoms. The number of aromatic nitrogens is 1. The van der Waals surface area contributed by atoms with Crippen LogP contribution < -0.4 is 16.0 Å². The molecule has 2 aromatic carbocycles. The predicted molar refractivity (Wildman–Crippen MR) is 189 cm³/mol. The average molecular weight is 699 g/mol. The lowest BCUT2D eigenvalue weighted by atomic mass is 10.0. The number of carbonyl (C=O) groups excluding carboxylic acids is 5. The Labute approximate surface area is 294 Å². The number of carbonyl (C=O) groups is 5. The highest BCUT2D eigenvalue weighted by molar-refractivity contribution is 7.09. The van der Waals surface area contributed by atoms with Crippen LogP contribution in [0.1, 0.15) is 48.2 Å². The minimum Gasteiger partial charge on any atom is -0.391 e. The molecule has 2 saturated heterocycles. The van der Waals surface area contributed by atoms with Crippen molar-refractivity contribution in [2.24, 2.45) is 0 Å². The number of aryl methyl sites for hydroxylation is 1. The van der Waals surface area contributed by atoms with Gasteiger partial charge in [-0.25, -0.2) is 0 Å². The fraction of sp³-hybridized carbons (Fsp3) is 0.378. The molecular formula is C37H42N6O6S. The molecule has 4 heterocycles. The summed E-state index contributed by atoms with van der Waals surface area (Å²) in [5.74, 6) is -2.44. The molecule has 2 aliphatic rings. The van der Waals surface area contributed by atoms with Crippen LogP contribution in [0.2, 0.25) is 0 Å². The molecule has 5 atom stereocenters. The maximum absolute atomic E-state index is 14.3. The maximum Gasteiger partial charge on any atom is 0.246 e. The molecule has 2 aliphatic heterocycles. The Morgan fingerprint density at radius 2 is 1.70 bits per heavy atom. The smallest absolute Gasteiger partial charge is 0.246 e. The highest BCUT2D eigenvalue weighted by Gasteiger charge is 2.42. The molecule has 0 saturated carbocycles. The molecule has 0 radical (unpaired) electrons. The number of fused-ring (bicyclic) bond motifs is 2. The summed E-state index contributed by atoms with van der Waals surface area (Å²) in [5.41, 5.74) is 2.37. The van der Waals surface area contributed by atoms with Crippen molar-refractivity contribution in [3.63, 3.8) is 0 Å². The summed E-state index contributed by atoms with van der Waals surface area (Å²) >= 11 is 1.62. The molecule has 0 unspecified atom stereocenters. The summed E-state index contributed by atoms with van der Waals surface area (Å²) in [6.07, 6.45) is 2.38. The maximum atomic E-state index is 14.3. The zero-order chi connectivity index (χ0) is 35.2. The first kappa shape index (κ1) is 34.8. The van der Waals surface area contributed by atoms with Crippen LogP contribution in [-0.4, -0.2) is 93.3 Å². The van der Waals surface area contributed by atoms with Crippen LogP contribution in [-0.2, 0) is 36.8 Å². The fourth-order valence-corrected chi connectivity index (χ4v) is 7.48. The van der Waals surface area contributed by atoms with E-state index in [1.54, 1.807) is 24.5 Å². The molecular weight excluding hydrogens is 657 g/mol. The number of rotatable bonds is 7. The summed E-state index contributed by atoms with van der Waals surface area (Å²) in [7, 11) is 0. The molecule has 262 valence electrons. The number of thiophene rings is 1. The Balaban J connectivity index is 1.33. The van der Waals surface area contributed by atoms with E-state index in [-0.39, 0.29) is 44.8 Å². The summed E-state index contributed by atoms with van der Waals surface area (Å²) in [6.45, 7) is 1.07. The van der Waals surface area contributed by atoms with Crippen LogP contribution in [0.5, 0.6) is 0 Å². The number of nitrogens with zero attached hydrogens (tertiary/aromatic N) is 2. The van der Waals surface area contributed by atoms with E-state index in [0.29, 0.717) is 12.8 Å². The zero-order valence-corrected chi connectivity index (χ0v) is 28.7. The van der Waals surface area contributed by atoms with Gasteiger partial charge >= 0.3 is 0 Å². The number of nitrogens with one attached hydrogen (secondary N) is 4. The van der Waals surface area contributed by atoms with Crippen molar-refractivity contribution < 1.29 is 29.1 Å². The lowest BCUT2D eigenvalue weighted by molar-refractivity contribution is -0.142. The van der Waals surface area contributed by atoms with E-state index in [4.69, 9.17) is 0 Å². The van der Waals surface area contributed by atoms with Crippen molar-refractivity contribution in [1.82, 2.24) is 30.7 Å². The summed E-state index contributed by atoms with van der Waals surface area (Å²) < 4.78 is 0. The van der Waals surface area contributed by atoms with Gasteiger partial charge in [-0.1, -0.05) is 54.6 Å². The molecule has 0 aliphatic carbocycles. The first-order valence-corrected chi connectivity index (χ1v) is 17.8. The first-order chi connectivity index (χ1) is 24.2. The van der Waals surface area contributed by atoms with E-state index in [1.165, 1.54) is 9.80 Å². The highest BCUT2D eigenvalue weighted by Crippen LogP contribution is 2.24. The Bertz CT molecular complexity index is 1830. The van der Waals surface area contributed by atoms with Gasteiger partial charge in [0.15, 0.2) is 0 Å². The van der Waals surface area contributed by atoms with Crippen molar-refractivity contribution in [1.29, 1.82) is 0 Å². The lowest BCUT2D eigenvalue weighted by Crippen LogP contribution is -2.56. The Kier molecular flexibility index (Phi) is 10.9. The lowest BCUT2D eigenvalue weighted by Gasteiger charge is -2.30. The van der Waals surface area contributed by atoms with Crippen LogP contribution in [0.15, 0.2) is 78.3 Å². The number of para-hydroxylation sites is 1. The van der Waals surface area contributed by atoms with E-state index in [1.807, 2.05) is 72.1 Å². The Hall–Kier alpha value is -5.01. The standard InChI is InChI=1S/C37H42N6O6S/c1-23-35(47)41-31(24-9-3-2-4-10-24)21-42(34(46)15-7-11-27-12-8-16-50-27)22-33(45)40-30(17-25-19-38-29-14-6-5-13-28(25)29)37(49)43-20-26(44)18-32(43)36(48)39-23/h2-6,8-10,12-14,16,19,23,26,30-32,38,44H,7,11,15,17-18,20-22H2,1H3,(H,39,48)(H,40,45)(H,41,47)/t23-,26+,30+,31-,32-/m0/s1. The number of aromatic amines is 1. The van der Waals surface area contributed by atoms with Gasteiger partial charge in [-0.3, -0.25) is 24.0 Å². The van der Waals surface area contributed by atoms with Gasteiger partial charge in [0.1, 0.15) is 18.1 Å². The second-order valence-electron chi connectivity index (χ2n) is 13.0. The van der Waals surface area contributed by atoms with Crippen LogP contribution in [0, 0.1) is 0 Å². The van der Waals surface area contributed by atoms with Gasteiger partial charge in [0.05, 0.1) is 18.7 Å². The average Bonchev–Trinajstić information content (AvgIpc) is 3.87. The van der Waals surface area contributed by atoms with E-state index in [0.717, 1.165) is 26.9 Å². The molecule has 5 N–H and O–H groups in total. The van der Waals surface area contributed by atoms with Crippen LogP contribution in [0.25, 0.3) is 10.9 Å². The van der Waals surface area contributed by atoms with Gasteiger partial charge in [0.25, 0.3) is 0 Å². The van der Waals surface area contributed by atoms with Crippen LogP contribution >= 0.6 is 11.3 Å². The molecule has 13 heteroatoms. The summed E-state index contributed by atoms with van der Waals surface area (Å²) in [4.78, 5) is 76.2. The van der Waals surface area contributed by atoms with E-state index < -0.39 is 53.9 Å². The third kappa shape index (κ3) is 8.23. The Morgan fingerprint density at radius 3 is 2.48 bits per heavy atom. The molecule has 2 aromatic heterocycles. The summed E-state index contributed by atoms with van der Waals surface area (Å²) in [5, 5.41) is 22.1. The molecule has 0 bridgehead atoms. The van der Waals surface area contributed by atoms with Gasteiger partial charge in [0, 0.05) is 54.3 Å². The quantitative estimate of drug-likeness (QED) is 0.199. The third-order valence-electron chi connectivity index (χ3n) is 9.35. The second kappa shape index (κ2) is 15.7. The Morgan fingerprint density at radius 1 is 0.920 bits per heavy atom. The first-order valence-electron chi connectivity index (χ1n) is 16.9. The minimum atomic E-state index is -1.11. The number of H-pyrrole nitrogens is 1. The molecule has 2 fully saturated rings. The normalized spacial score (nSPS) is 23.8. The van der Waals surface area contributed by atoms with E-state index >= 15 is 0 Å². The SMILES string of the molecule is C[C@@H]1NC(=O)[C@@H]2C[C@@H](O)CN2C(=O)[C@@H](Cc2c[nH]c3ccccc23)NC(=O)CN(C(=O)CCCc2cccs2)C[C@@H](c2ccccc2)NC1=O. The zero-order valence-electron chi connectivity index (χ0n) is 27.8. The van der Waals surface area contributed by atoms with Gasteiger partial charge < -0.3 is 35.8 Å². The number of amides is 5. The predicted octanol–water partition coefficient (Wildman–Crippen LogP) is 2.45. The largest absolute Gasteiger partial charge is 0.391 e. The third-order valence-corrected chi connectivity index (χ3v) is 10.3. The monoisotopic (exact) mass is 698 g/mol. The highest BCUT2D eigenvalue weighted by atomic mass is 32.1. The van der Waals surface area contributed by atoms with Gasteiger partial charge in [0.2, 0.25) is 29.5 Å². The van der Waals surface area contributed by atoms with Gasteiger partial charge in [-0.05, 0) is 48.4 Å². The summed E-state index contributed by atoms with van der Waals surface area (Å²) in [6, 6.07) is 16.9. The number of hydrogen-bond donors (Lipinski definition) is 5.